The molecule has 0 unspecified atom stereocenters. The first-order chi connectivity index (χ1) is 13.8. The van der Waals surface area contributed by atoms with Crippen molar-refractivity contribution in [3.8, 4) is 0 Å². The normalized spacial score (nSPS) is 10.6. The summed E-state index contributed by atoms with van der Waals surface area (Å²) >= 11 is 0. The molecule has 0 saturated heterocycles. The van der Waals surface area contributed by atoms with Crippen LogP contribution in [0.25, 0.3) is 11.2 Å². The zero-order valence-corrected chi connectivity index (χ0v) is 17.3. The van der Waals surface area contributed by atoms with Crippen molar-refractivity contribution in [2.24, 2.45) is 0 Å². The van der Waals surface area contributed by atoms with Crippen LogP contribution in [-0.4, -0.2) is 36.2 Å². The fourth-order valence-corrected chi connectivity index (χ4v) is 2.73. The molecule has 0 fully saturated rings. The summed E-state index contributed by atoms with van der Waals surface area (Å²) in [7, 11) is 1.73. The van der Waals surface area contributed by atoms with Gasteiger partial charge >= 0.3 is 6.18 Å². The average molecular weight is 415 g/mol. The van der Waals surface area contributed by atoms with Crippen LogP contribution in [0, 0.1) is 6.92 Å². The van der Waals surface area contributed by atoms with Crippen LogP contribution in [-0.2, 0) is 23.8 Å². The van der Waals surface area contributed by atoms with Gasteiger partial charge in [-0.25, -0.2) is 15.0 Å². The van der Waals surface area contributed by atoms with Gasteiger partial charge < -0.3 is 5.32 Å². The zero-order valence-electron chi connectivity index (χ0n) is 17.3. The molecule has 0 saturated carbocycles. The van der Waals surface area contributed by atoms with E-state index >= 15 is 0 Å². The lowest BCUT2D eigenvalue weighted by molar-refractivity contribution is -0.137. The third-order valence-electron chi connectivity index (χ3n) is 4.13. The molecule has 1 N–H and O–H groups in total. The Balaban J connectivity index is 0.00000146. The maximum Gasteiger partial charge on any atom is 0.416 e. The van der Waals surface area contributed by atoms with E-state index in [-0.39, 0.29) is 27.0 Å². The molecule has 0 aliphatic heterocycles. The minimum Gasteiger partial charge on any atom is -0.372 e. The number of aromatic nitrogens is 3. The highest BCUT2D eigenvalue weighted by atomic mass is 19.4. The number of nitrogens with zero attached hydrogens (tertiary/aromatic N) is 3. The first-order valence-corrected chi connectivity index (χ1v) is 9.25. The minimum absolute atomic E-state index is 0. The molecule has 0 aliphatic carbocycles. The highest BCUT2D eigenvalue weighted by Crippen LogP contribution is 2.29. The third-order valence-corrected chi connectivity index (χ3v) is 4.13. The molecule has 0 bridgehead atoms. The molecule has 3 aromatic rings. The monoisotopic (exact) mass is 415 g/mol. The largest absolute Gasteiger partial charge is 0.416 e. The number of carbonyl (C=O) groups is 1. The Bertz CT molecular complexity index is 1010. The van der Waals surface area contributed by atoms with Crippen molar-refractivity contribution in [3.05, 3.63) is 58.9 Å². The maximum absolute atomic E-state index is 12.8. The molecule has 30 heavy (non-hydrogen) atoms. The van der Waals surface area contributed by atoms with Gasteiger partial charge in [0.2, 0.25) is 0 Å². The molecule has 5 nitrogen and oxygen atoms in total. The second-order valence-electron chi connectivity index (χ2n) is 6.17. The fraction of sp³-hybridized carbons (Fsp3) is 0.333. The van der Waals surface area contributed by atoms with Crippen molar-refractivity contribution in [3.63, 3.8) is 0 Å². The molecule has 0 spiro atoms. The number of alkyl halides is 3. The van der Waals surface area contributed by atoms with E-state index in [0.717, 1.165) is 12.1 Å². The van der Waals surface area contributed by atoms with Crippen molar-refractivity contribution in [2.75, 3.05) is 12.4 Å². The smallest absolute Gasteiger partial charge is 0.372 e. The second kappa shape index (κ2) is 10.7. The van der Waals surface area contributed by atoms with E-state index in [1.807, 2.05) is 13.8 Å². The van der Waals surface area contributed by atoms with Crippen LogP contribution in [0.4, 0.5) is 19.0 Å². The number of nitrogens with one attached hydrogen (secondary N) is 1. The van der Waals surface area contributed by atoms with Crippen LogP contribution < -0.4 is 5.32 Å². The summed E-state index contributed by atoms with van der Waals surface area (Å²) in [6.07, 6.45) is -2.87. The van der Waals surface area contributed by atoms with Gasteiger partial charge in [-0.05, 0) is 30.2 Å². The number of ketones is 1. The standard InChI is InChI=1S/C19H17F3N4O.C2H6.B/c1-11-13(9-16-18(25-11)26-17(23-2)10-24-16)8-15(27)7-12-4-3-5-14(6-12)19(20,21)22;1-2;/h3-6,9-10H,7-8H2,1-2H3,(H,23,25,26);1-2H3;. The number of rotatable bonds is 5. The SMILES string of the molecule is CC.CNc1cnc2cc(CC(=O)Cc3cccc(C(F)(F)F)c3)c(C)nc2n1.[B]. The van der Waals surface area contributed by atoms with Gasteiger partial charge in [-0.2, -0.15) is 13.2 Å². The molecule has 3 rings (SSSR count). The van der Waals surface area contributed by atoms with Crippen molar-refractivity contribution >= 4 is 31.2 Å². The van der Waals surface area contributed by atoms with Gasteiger partial charge in [-0.15, -0.1) is 0 Å². The Labute approximate surface area is 175 Å². The number of hydrogen-bond donors (Lipinski definition) is 1. The number of anilines is 1. The van der Waals surface area contributed by atoms with E-state index in [0.29, 0.717) is 33.8 Å². The van der Waals surface area contributed by atoms with Crippen LogP contribution in [0.1, 0.15) is 36.2 Å². The van der Waals surface area contributed by atoms with Crippen molar-refractivity contribution in [2.45, 2.75) is 39.8 Å². The molecule has 3 radical (unpaired) electrons. The number of aryl methyl sites for hydroxylation is 1. The lowest BCUT2D eigenvalue weighted by atomic mass is 10.0. The number of fused-ring (bicyclic) bond motifs is 1. The summed E-state index contributed by atoms with van der Waals surface area (Å²) in [4.78, 5) is 25.3. The quantitative estimate of drug-likeness (QED) is 0.626. The second-order valence-corrected chi connectivity index (χ2v) is 6.17. The van der Waals surface area contributed by atoms with Crippen molar-refractivity contribution in [1.29, 1.82) is 0 Å². The zero-order chi connectivity index (χ0) is 21.6. The molecule has 9 heteroatoms. The van der Waals surface area contributed by atoms with Gasteiger partial charge in [0.15, 0.2) is 5.65 Å². The summed E-state index contributed by atoms with van der Waals surface area (Å²) in [5.74, 6) is 0.390. The topological polar surface area (TPSA) is 67.8 Å². The Morgan fingerprint density at radius 1 is 1.10 bits per heavy atom. The molecular formula is C21H23BF3N4O. The van der Waals surface area contributed by atoms with E-state index < -0.39 is 11.7 Å². The van der Waals surface area contributed by atoms with Crippen molar-refractivity contribution in [1.82, 2.24) is 15.0 Å². The molecule has 0 aliphatic rings. The van der Waals surface area contributed by atoms with Gasteiger partial charge in [-0.1, -0.05) is 32.0 Å². The summed E-state index contributed by atoms with van der Waals surface area (Å²) in [5, 5.41) is 2.88. The van der Waals surface area contributed by atoms with Gasteiger partial charge in [0.05, 0.1) is 11.8 Å². The lowest BCUT2D eigenvalue weighted by Crippen LogP contribution is -2.10. The van der Waals surface area contributed by atoms with Crippen LogP contribution in [0.2, 0.25) is 0 Å². The van der Waals surface area contributed by atoms with Gasteiger partial charge in [0.25, 0.3) is 0 Å². The summed E-state index contributed by atoms with van der Waals surface area (Å²) in [5.41, 5.74) is 1.93. The molecule has 157 valence electrons. The molecular weight excluding hydrogens is 392 g/mol. The first kappa shape index (κ1) is 25.1. The molecule has 2 aromatic heterocycles. The van der Waals surface area contributed by atoms with E-state index in [4.69, 9.17) is 0 Å². The summed E-state index contributed by atoms with van der Waals surface area (Å²) in [6.45, 7) is 5.76. The number of pyridine rings is 1. The van der Waals surface area contributed by atoms with Crippen LogP contribution in [0.15, 0.2) is 36.5 Å². The molecule has 0 atom stereocenters. The molecule has 0 amide bonds. The van der Waals surface area contributed by atoms with Crippen LogP contribution in [0.5, 0.6) is 0 Å². The Hall–Kier alpha value is -2.97. The van der Waals surface area contributed by atoms with E-state index in [1.54, 1.807) is 26.2 Å². The molecule has 2 heterocycles. The van der Waals surface area contributed by atoms with Crippen LogP contribution in [0.3, 0.4) is 0 Å². The predicted molar refractivity (Wildman–Crippen MR) is 113 cm³/mol. The van der Waals surface area contributed by atoms with Gasteiger partial charge in [-0.3, -0.25) is 4.79 Å². The summed E-state index contributed by atoms with van der Waals surface area (Å²) < 4.78 is 38.4. The average Bonchev–Trinajstić information content (AvgIpc) is 2.69. The van der Waals surface area contributed by atoms with Gasteiger partial charge in [0, 0.05) is 34.0 Å². The van der Waals surface area contributed by atoms with E-state index in [1.165, 1.54) is 12.1 Å². The highest BCUT2D eigenvalue weighted by molar-refractivity contribution is 5.84. The lowest BCUT2D eigenvalue weighted by Gasteiger charge is -2.09. The van der Waals surface area contributed by atoms with E-state index in [2.05, 4.69) is 20.3 Å². The fourth-order valence-electron chi connectivity index (χ4n) is 2.73. The van der Waals surface area contributed by atoms with Gasteiger partial charge in [0.1, 0.15) is 17.1 Å². The number of hydrogen-bond acceptors (Lipinski definition) is 5. The number of halogens is 3. The third kappa shape index (κ3) is 6.27. The summed E-state index contributed by atoms with van der Waals surface area (Å²) in [6, 6.07) is 6.57. The Morgan fingerprint density at radius 3 is 2.43 bits per heavy atom. The number of benzene rings is 1. The minimum atomic E-state index is -4.43. The Kier molecular flexibility index (Phi) is 8.95. The Morgan fingerprint density at radius 2 is 1.80 bits per heavy atom. The number of Topliss-reactive ketones (excluding diaryl/α,β-unsaturated/α-hetero) is 1. The highest BCUT2D eigenvalue weighted by Gasteiger charge is 2.30. The number of carbonyl (C=O) groups excluding carboxylic acids is 1. The van der Waals surface area contributed by atoms with Crippen LogP contribution >= 0.6 is 0 Å². The van der Waals surface area contributed by atoms with Crippen molar-refractivity contribution < 1.29 is 18.0 Å². The maximum atomic E-state index is 12.8. The predicted octanol–water partition coefficient (Wildman–Crippen LogP) is 4.39. The first-order valence-electron chi connectivity index (χ1n) is 9.25. The van der Waals surface area contributed by atoms with E-state index in [9.17, 15) is 18.0 Å². The molecule has 1 aromatic carbocycles.